The molecule has 0 fully saturated rings. The highest BCUT2D eigenvalue weighted by atomic mass is 16.1. The third-order valence-corrected chi connectivity index (χ3v) is 4.33. The second-order valence-corrected chi connectivity index (χ2v) is 6.46. The summed E-state index contributed by atoms with van der Waals surface area (Å²) in [6.07, 6.45) is 5.63. The first-order valence-corrected chi connectivity index (χ1v) is 9.55. The number of nitrogens with zero attached hydrogens (tertiary/aromatic N) is 4. The van der Waals surface area contributed by atoms with Crippen LogP contribution in [-0.4, -0.2) is 38.7 Å². The van der Waals surface area contributed by atoms with Crippen LogP contribution < -0.4 is 16.0 Å². The van der Waals surface area contributed by atoms with Crippen molar-refractivity contribution >= 4 is 23.4 Å². The van der Waals surface area contributed by atoms with Gasteiger partial charge in [0.1, 0.15) is 11.6 Å². The number of benzene rings is 1. The molecule has 0 unspecified atom stereocenters. The molecule has 4 rings (SSSR count). The molecule has 0 aliphatic carbocycles. The zero-order valence-electron chi connectivity index (χ0n) is 16.2. The van der Waals surface area contributed by atoms with Gasteiger partial charge >= 0.3 is 0 Å². The molecule has 8 heteroatoms. The largest absolute Gasteiger partial charge is 0.367 e. The smallest absolute Gasteiger partial charge is 0.251 e. The van der Waals surface area contributed by atoms with Crippen LogP contribution in [0.1, 0.15) is 10.4 Å². The van der Waals surface area contributed by atoms with Gasteiger partial charge in [0.25, 0.3) is 5.91 Å². The monoisotopic (exact) mass is 399 g/mol. The predicted octanol–water partition coefficient (Wildman–Crippen LogP) is 3.25. The molecule has 1 amide bonds. The molecule has 0 radical (unpaired) electrons. The van der Waals surface area contributed by atoms with Gasteiger partial charge in [-0.2, -0.15) is 0 Å². The van der Waals surface area contributed by atoms with E-state index >= 15 is 0 Å². The average Bonchev–Trinajstić information content (AvgIpc) is 3.33. The highest BCUT2D eigenvalue weighted by molar-refractivity contribution is 5.94. The first-order chi connectivity index (χ1) is 14.8. The summed E-state index contributed by atoms with van der Waals surface area (Å²) in [6, 6.07) is 20.6. The van der Waals surface area contributed by atoms with Gasteiger partial charge in [0.2, 0.25) is 0 Å². The Balaban J connectivity index is 1.21. The molecule has 8 nitrogen and oxygen atoms in total. The summed E-state index contributed by atoms with van der Waals surface area (Å²) in [4.78, 5) is 16.5. The Hall–Kier alpha value is -4.20. The molecule has 150 valence electrons. The molecule has 0 bridgehead atoms. The fourth-order valence-corrected chi connectivity index (χ4v) is 2.82. The fourth-order valence-electron chi connectivity index (χ4n) is 2.82. The average molecular weight is 399 g/mol. The second-order valence-electron chi connectivity index (χ2n) is 6.46. The van der Waals surface area contributed by atoms with Gasteiger partial charge in [0.15, 0.2) is 5.82 Å². The number of hydrogen-bond donors (Lipinski definition) is 3. The van der Waals surface area contributed by atoms with Gasteiger partial charge in [0.05, 0.1) is 0 Å². The first-order valence-electron chi connectivity index (χ1n) is 9.55. The van der Waals surface area contributed by atoms with Gasteiger partial charge in [-0.1, -0.05) is 6.07 Å². The van der Waals surface area contributed by atoms with Gasteiger partial charge in [-0.3, -0.25) is 4.79 Å². The van der Waals surface area contributed by atoms with Crippen LogP contribution in [0.5, 0.6) is 0 Å². The lowest BCUT2D eigenvalue weighted by molar-refractivity contribution is 0.0955. The van der Waals surface area contributed by atoms with E-state index in [4.69, 9.17) is 0 Å². The van der Waals surface area contributed by atoms with Gasteiger partial charge < -0.3 is 20.5 Å². The summed E-state index contributed by atoms with van der Waals surface area (Å²) in [5.41, 5.74) is 1.63. The predicted molar refractivity (Wildman–Crippen MR) is 116 cm³/mol. The zero-order valence-corrected chi connectivity index (χ0v) is 16.2. The number of hydrogen-bond acceptors (Lipinski definition) is 6. The maximum atomic E-state index is 12.3. The number of amides is 1. The number of carbonyl (C=O) groups excluding carboxylic acids is 1. The quantitative estimate of drug-likeness (QED) is 0.394. The maximum absolute atomic E-state index is 12.3. The number of pyridine rings is 1. The van der Waals surface area contributed by atoms with E-state index in [2.05, 4.69) is 31.1 Å². The number of aromatic nitrogens is 4. The molecule has 3 aromatic heterocycles. The van der Waals surface area contributed by atoms with E-state index in [9.17, 15) is 4.79 Å². The third-order valence-electron chi connectivity index (χ3n) is 4.33. The number of nitrogens with one attached hydrogen (secondary N) is 3. The van der Waals surface area contributed by atoms with Crippen molar-refractivity contribution in [3.8, 4) is 5.69 Å². The molecule has 0 spiro atoms. The Bertz CT molecular complexity index is 1060. The van der Waals surface area contributed by atoms with Crippen LogP contribution in [0.4, 0.5) is 17.5 Å². The molecular weight excluding hydrogens is 378 g/mol. The van der Waals surface area contributed by atoms with E-state index in [1.54, 1.807) is 6.20 Å². The molecule has 4 aromatic rings. The highest BCUT2D eigenvalue weighted by Crippen LogP contribution is 2.12. The van der Waals surface area contributed by atoms with Crippen molar-refractivity contribution in [1.82, 2.24) is 25.1 Å². The minimum atomic E-state index is -0.114. The van der Waals surface area contributed by atoms with E-state index in [1.165, 1.54) is 0 Å². The summed E-state index contributed by atoms with van der Waals surface area (Å²) in [7, 11) is 0. The molecule has 3 heterocycles. The summed E-state index contributed by atoms with van der Waals surface area (Å²) in [6.45, 7) is 1.00. The van der Waals surface area contributed by atoms with E-state index in [0.717, 1.165) is 5.69 Å². The van der Waals surface area contributed by atoms with Gasteiger partial charge in [-0.25, -0.2) is 4.98 Å². The van der Waals surface area contributed by atoms with Crippen molar-refractivity contribution in [2.45, 2.75) is 0 Å². The lowest BCUT2D eigenvalue weighted by Gasteiger charge is -2.09. The van der Waals surface area contributed by atoms with Crippen molar-refractivity contribution in [3.63, 3.8) is 0 Å². The number of carbonyl (C=O) groups is 1. The summed E-state index contributed by atoms with van der Waals surface area (Å²) in [5, 5.41) is 17.3. The van der Waals surface area contributed by atoms with E-state index < -0.39 is 0 Å². The van der Waals surface area contributed by atoms with E-state index in [0.29, 0.717) is 36.1 Å². The lowest BCUT2D eigenvalue weighted by Crippen LogP contribution is -2.28. The summed E-state index contributed by atoms with van der Waals surface area (Å²) in [5.74, 6) is 1.83. The molecule has 3 N–H and O–H groups in total. The van der Waals surface area contributed by atoms with Crippen LogP contribution in [-0.2, 0) is 0 Å². The molecule has 0 saturated carbocycles. The fraction of sp³-hybridized carbons (Fsp3) is 0.0909. The van der Waals surface area contributed by atoms with Crippen molar-refractivity contribution in [2.75, 3.05) is 23.7 Å². The summed E-state index contributed by atoms with van der Waals surface area (Å²) < 4.78 is 1.99. The Morgan fingerprint density at radius 3 is 2.27 bits per heavy atom. The van der Waals surface area contributed by atoms with Crippen molar-refractivity contribution in [3.05, 3.63) is 90.9 Å². The Kier molecular flexibility index (Phi) is 5.95. The van der Waals surface area contributed by atoms with Gasteiger partial charge in [-0.05, 0) is 60.7 Å². The van der Waals surface area contributed by atoms with Crippen molar-refractivity contribution < 1.29 is 4.79 Å². The molecule has 0 aliphatic rings. The molecule has 1 aromatic carbocycles. The molecular formula is C22H21N7O. The van der Waals surface area contributed by atoms with Crippen LogP contribution in [0.2, 0.25) is 0 Å². The maximum Gasteiger partial charge on any atom is 0.251 e. The van der Waals surface area contributed by atoms with Gasteiger partial charge in [-0.15, -0.1) is 10.2 Å². The Morgan fingerprint density at radius 2 is 1.57 bits per heavy atom. The third kappa shape index (κ3) is 4.99. The number of anilines is 3. The minimum absolute atomic E-state index is 0.114. The molecule has 0 atom stereocenters. The van der Waals surface area contributed by atoms with Crippen LogP contribution in [0.25, 0.3) is 5.69 Å². The van der Waals surface area contributed by atoms with Gasteiger partial charge in [0, 0.05) is 42.9 Å². The Morgan fingerprint density at radius 1 is 0.800 bits per heavy atom. The normalized spacial score (nSPS) is 10.4. The van der Waals surface area contributed by atoms with Crippen LogP contribution >= 0.6 is 0 Å². The molecule has 0 saturated heterocycles. The van der Waals surface area contributed by atoms with Crippen molar-refractivity contribution in [1.29, 1.82) is 0 Å². The van der Waals surface area contributed by atoms with E-state index in [-0.39, 0.29) is 5.91 Å². The highest BCUT2D eigenvalue weighted by Gasteiger charge is 2.05. The zero-order chi connectivity index (χ0) is 20.6. The lowest BCUT2D eigenvalue weighted by atomic mass is 10.2. The standard InChI is InChI=1S/C22H21N7O/c30-22(17-6-8-18(9-7-17)29-15-3-4-16-29)25-14-13-24-20-10-11-21(28-27-20)26-19-5-1-2-12-23-19/h1-12,15-16H,13-14H2,(H,24,27)(H,25,30)(H,23,26,28). The number of rotatable bonds is 8. The van der Waals surface area contributed by atoms with E-state index in [1.807, 2.05) is 83.7 Å². The van der Waals surface area contributed by atoms with Crippen LogP contribution in [0.15, 0.2) is 85.3 Å². The Labute approximate surface area is 174 Å². The van der Waals surface area contributed by atoms with Crippen LogP contribution in [0.3, 0.4) is 0 Å². The first kappa shape index (κ1) is 19.1. The van der Waals surface area contributed by atoms with Crippen LogP contribution in [0, 0.1) is 0 Å². The van der Waals surface area contributed by atoms with Crippen molar-refractivity contribution in [2.24, 2.45) is 0 Å². The SMILES string of the molecule is O=C(NCCNc1ccc(Nc2ccccn2)nn1)c1ccc(-n2cccc2)cc1. The topological polar surface area (TPSA) is 96.8 Å². The summed E-state index contributed by atoms with van der Waals surface area (Å²) >= 11 is 0. The molecule has 30 heavy (non-hydrogen) atoms. The second kappa shape index (κ2) is 9.33. The molecule has 0 aliphatic heterocycles. The minimum Gasteiger partial charge on any atom is -0.367 e.